The molecule has 0 unspecified atom stereocenters. The summed E-state index contributed by atoms with van der Waals surface area (Å²) in [5.41, 5.74) is 0.0846. The largest absolute Gasteiger partial charge is 0.489 e. The summed E-state index contributed by atoms with van der Waals surface area (Å²) >= 11 is 6.17. The Kier molecular flexibility index (Phi) is 6.07. The van der Waals surface area contributed by atoms with Crippen molar-refractivity contribution < 1.29 is 14.6 Å². The first-order valence-electron chi connectivity index (χ1n) is 9.23. The van der Waals surface area contributed by atoms with E-state index in [1.165, 1.54) is 0 Å². The van der Waals surface area contributed by atoms with E-state index in [0.29, 0.717) is 36.7 Å². The smallest absolute Gasteiger partial charge is 0.242 e. The fourth-order valence-corrected chi connectivity index (χ4v) is 3.49. The molecule has 27 heavy (non-hydrogen) atoms. The van der Waals surface area contributed by atoms with Crippen LogP contribution in [0.25, 0.3) is 0 Å². The number of hydrogen-bond acceptors (Lipinski definition) is 4. The van der Waals surface area contributed by atoms with Crippen molar-refractivity contribution in [2.75, 3.05) is 19.7 Å². The topological polar surface area (TPSA) is 67.6 Å². The Hall–Kier alpha value is -2.05. The molecule has 1 aliphatic rings. The molecule has 1 aliphatic heterocycles. The summed E-state index contributed by atoms with van der Waals surface area (Å²) in [6, 6.07) is 5.58. The highest BCUT2D eigenvalue weighted by Gasteiger charge is 2.32. The zero-order chi connectivity index (χ0) is 19.4. The molecule has 1 N–H and O–H groups in total. The van der Waals surface area contributed by atoms with Crippen molar-refractivity contribution in [1.82, 2.24) is 14.5 Å². The molecule has 0 saturated carbocycles. The Morgan fingerprint density at radius 2 is 2.15 bits per heavy atom. The van der Waals surface area contributed by atoms with Crippen molar-refractivity contribution in [3.05, 3.63) is 47.0 Å². The maximum absolute atomic E-state index is 12.6. The number of hydrogen-bond donors (Lipinski definition) is 1. The Balaban J connectivity index is 1.57. The molecule has 1 aromatic carbocycles. The number of aryl methyl sites for hydroxylation is 2. The number of nitrogens with zero attached hydrogens (tertiary/aromatic N) is 3. The summed E-state index contributed by atoms with van der Waals surface area (Å²) in [6.45, 7) is 5.43. The van der Waals surface area contributed by atoms with Gasteiger partial charge in [-0.2, -0.15) is 0 Å². The highest BCUT2D eigenvalue weighted by Crippen LogP contribution is 2.29. The summed E-state index contributed by atoms with van der Waals surface area (Å²) in [4.78, 5) is 18.6. The zero-order valence-electron chi connectivity index (χ0n) is 15.8. The van der Waals surface area contributed by atoms with Crippen molar-refractivity contribution in [1.29, 1.82) is 0 Å². The monoisotopic (exact) mass is 391 g/mol. The molecule has 2 aromatic rings. The molecule has 1 amide bonds. The molecule has 1 fully saturated rings. The highest BCUT2D eigenvalue weighted by atomic mass is 35.5. The maximum Gasteiger partial charge on any atom is 0.242 e. The van der Waals surface area contributed by atoms with Crippen molar-refractivity contribution in [2.24, 2.45) is 0 Å². The van der Waals surface area contributed by atoms with Crippen molar-refractivity contribution in [2.45, 2.75) is 45.3 Å². The zero-order valence-corrected chi connectivity index (χ0v) is 16.6. The first-order valence-corrected chi connectivity index (χ1v) is 9.61. The number of carbonyl (C=O) groups excluding carboxylic acids is 1. The Morgan fingerprint density at radius 1 is 1.33 bits per heavy atom. The van der Waals surface area contributed by atoms with Crippen LogP contribution in [-0.4, -0.2) is 50.8 Å². The molecule has 1 aromatic heterocycles. The molecule has 6 nitrogen and oxygen atoms in total. The number of rotatable bonds is 5. The SMILES string of the molecule is Cc1ccc(Cl)c(OC[C@@]2(O)CCCN(C(=O)Cn3ccnc3C)CC2)c1. The van der Waals surface area contributed by atoms with Crippen LogP contribution in [0.15, 0.2) is 30.6 Å². The first kappa shape index (κ1) is 19.7. The Bertz CT molecular complexity index is 808. The highest BCUT2D eigenvalue weighted by molar-refractivity contribution is 6.32. The van der Waals surface area contributed by atoms with E-state index in [0.717, 1.165) is 17.8 Å². The maximum atomic E-state index is 12.6. The summed E-state index contributed by atoms with van der Waals surface area (Å²) in [5.74, 6) is 1.44. The van der Waals surface area contributed by atoms with Crippen LogP contribution in [0.2, 0.25) is 5.02 Å². The van der Waals surface area contributed by atoms with Gasteiger partial charge in [-0.25, -0.2) is 4.98 Å². The predicted octanol–water partition coefficient (Wildman–Crippen LogP) is 2.98. The van der Waals surface area contributed by atoms with Gasteiger partial charge < -0.3 is 19.3 Å². The van der Waals surface area contributed by atoms with Crippen LogP contribution in [0.5, 0.6) is 5.75 Å². The summed E-state index contributed by atoms with van der Waals surface area (Å²) in [5, 5.41) is 11.5. The van der Waals surface area contributed by atoms with Gasteiger partial charge in [-0.1, -0.05) is 17.7 Å². The van der Waals surface area contributed by atoms with Crippen LogP contribution in [0.4, 0.5) is 0 Å². The van der Waals surface area contributed by atoms with E-state index in [2.05, 4.69) is 4.98 Å². The molecule has 1 atom stereocenters. The van der Waals surface area contributed by atoms with Gasteiger partial charge in [-0.05, 0) is 50.8 Å². The third-order valence-corrected chi connectivity index (χ3v) is 5.39. The summed E-state index contributed by atoms with van der Waals surface area (Å²) in [7, 11) is 0. The second-order valence-corrected chi connectivity index (χ2v) is 7.69. The fraction of sp³-hybridized carbons (Fsp3) is 0.500. The van der Waals surface area contributed by atoms with Crippen LogP contribution >= 0.6 is 11.6 Å². The van der Waals surface area contributed by atoms with Gasteiger partial charge in [0.15, 0.2) is 0 Å². The number of ether oxygens (including phenoxy) is 1. The molecule has 0 radical (unpaired) electrons. The van der Waals surface area contributed by atoms with E-state index in [1.54, 1.807) is 18.5 Å². The van der Waals surface area contributed by atoms with Gasteiger partial charge in [0.05, 0.1) is 5.02 Å². The number of carbonyl (C=O) groups is 1. The lowest BCUT2D eigenvalue weighted by atomic mass is 9.96. The lowest BCUT2D eigenvalue weighted by Gasteiger charge is -2.27. The van der Waals surface area contributed by atoms with Crippen molar-refractivity contribution in [3.63, 3.8) is 0 Å². The Morgan fingerprint density at radius 3 is 2.89 bits per heavy atom. The van der Waals surface area contributed by atoms with E-state index >= 15 is 0 Å². The molecular formula is C20H26ClN3O3. The summed E-state index contributed by atoms with van der Waals surface area (Å²) < 4.78 is 7.65. The van der Waals surface area contributed by atoms with Crippen LogP contribution < -0.4 is 4.74 Å². The lowest BCUT2D eigenvalue weighted by Crippen LogP contribution is -2.39. The minimum Gasteiger partial charge on any atom is -0.489 e. The second kappa shape index (κ2) is 8.31. The molecule has 146 valence electrons. The molecule has 0 aliphatic carbocycles. The minimum atomic E-state index is -0.965. The minimum absolute atomic E-state index is 0.0444. The number of likely N-dealkylation sites (tertiary alicyclic amines) is 1. The number of halogens is 1. The fourth-order valence-electron chi connectivity index (χ4n) is 3.32. The number of benzene rings is 1. The second-order valence-electron chi connectivity index (χ2n) is 7.28. The number of imidazole rings is 1. The van der Waals surface area contributed by atoms with Crippen molar-refractivity contribution in [3.8, 4) is 5.75 Å². The van der Waals surface area contributed by atoms with Gasteiger partial charge in [-0.3, -0.25) is 4.79 Å². The lowest BCUT2D eigenvalue weighted by molar-refractivity contribution is -0.132. The molecule has 3 rings (SSSR count). The average Bonchev–Trinajstić information content (AvgIpc) is 2.92. The third kappa shape index (κ3) is 5.02. The van der Waals surface area contributed by atoms with Gasteiger partial charge in [0.1, 0.15) is 30.3 Å². The van der Waals surface area contributed by atoms with Gasteiger partial charge in [0, 0.05) is 25.5 Å². The average molecular weight is 392 g/mol. The summed E-state index contributed by atoms with van der Waals surface area (Å²) in [6.07, 6.45) is 5.30. The third-order valence-electron chi connectivity index (χ3n) is 5.08. The number of amides is 1. The van der Waals surface area contributed by atoms with Gasteiger partial charge in [-0.15, -0.1) is 0 Å². The van der Waals surface area contributed by atoms with Crippen LogP contribution in [0, 0.1) is 13.8 Å². The normalized spacial score (nSPS) is 20.4. The van der Waals surface area contributed by atoms with Gasteiger partial charge in [0.2, 0.25) is 5.91 Å². The van der Waals surface area contributed by atoms with Crippen molar-refractivity contribution >= 4 is 17.5 Å². The van der Waals surface area contributed by atoms with E-state index in [-0.39, 0.29) is 19.1 Å². The van der Waals surface area contributed by atoms with Gasteiger partial charge >= 0.3 is 0 Å². The van der Waals surface area contributed by atoms with E-state index < -0.39 is 5.60 Å². The Labute approximate surface area is 164 Å². The molecule has 0 spiro atoms. The van der Waals surface area contributed by atoms with Gasteiger partial charge in [0.25, 0.3) is 0 Å². The van der Waals surface area contributed by atoms with Crippen LogP contribution in [0.3, 0.4) is 0 Å². The molecule has 2 heterocycles. The number of aromatic nitrogens is 2. The standard InChI is InChI=1S/C20H26ClN3O3/c1-15-4-5-17(21)18(12-15)27-14-20(26)6-3-9-23(10-7-20)19(25)13-24-11-8-22-16(24)2/h4-5,8,11-12,26H,3,6-7,9-10,13-14H2,1-2H3/t20-/m1/s1. The van der Waals surface area contributed by atoms with E-state index in [9.17, 15) is 9.90 Å². The predicted molar refractivity (Wildman–Crippen MR) is 104 cm³/mol. The molecular weight excluding hydrogens is 366 g/mol. The molecule has 7 heteroatoms. The molecule has 0 bridgehead atoms. The van der Waals surface area contributed by atoms with Crippen LogP contribution in [-0.2, 0) is 11.3 Å². The van der Waals surface area contributed by atoms with E-state index in [1.807, 2.05) is 35.4 Å². The molecule has 1 saturated heterocycles. The van der Waals surface area contributed by atoms with E-state index in [4.69, 9.17) is 16.3 Å². The first-order chi connectivity index (χ1) is 12.9. The number of aliphatic hydroxyl groups is 1. The quantitative estimate of drug-likeness (QED) is 0.850. The van der Waals surface area contributed by atoms with Crippen LogP contribution in [0.1, 0.15) is 30.7 Å².